The monoisotopic (exact) mass is 235 g/mol. The van der Waals surface area contributed by atoms with Crippen LogP contribution in [-0.4, -0.2) is 70.0 Å². The zero-order valence-corrected chi connectivity index (χ0v) is 8.91. The number of ether oxygens (including phenoxy) is 1. The van der Waals surface area contributed by atoms with Crippen LogP contribution >= 0.6 is 0 Å². The minimum absolute atomic E-state index is 0.402. The second kappa shape index (κ2) is 5.55. The van der Waals surface area contributed by atoms with Crippen LogP contribution < -0.4 is 5.32 Å². The SMILES string of the molecule is CC(=O)NC1C(CO)OC(CO)C(O)C1O. The molecule has 0 aromatic carbocycles. The molecule has 1 fully saturated rings. The van der Waals surface area contributed by atoms with Gasteiger partial charge in [-0.1, -0.05) is 0 Å². The lowest BCUT2D eigenvalue weighted by molar-refractivity contribution is -0.202. The molecule has 0 aliphatic carbocycles. The Hall–Kier alpha value is -0.730. The summed E-state index contributed by atoms with van der Waals surface area (Å²) in [6.45, 7) is 0.360. The Bertz CT molecular complexity index is 246. The first-order chi connectivity index (χ1) is 7.51. The lowest BCUT2D eigenvalue weighted by Crippen LogP contribution is -2.64. The van der Waals surface area contributed by atoms with Crippen LogP contribution in [-0.2, 0) is 9.53 Å². The summed E-state index contributed by atoms with van der Waals surface area (Å²) in [5.41, 5.74) is 0. The first-order valence-corrected chi connectivity index (χ1v) is 5.01. The Morgan fingerprint density at radius 3 is 2.19 bits per heavy atom. The van der Waals surface area contributed by atoms with Crippen LogP contribution in [0.2, 0.25) is 0 Å². The summed E-state index contributed by atoms with van der Waals surface area (Å²) in [5, 5.41) is 39.6. The van der Waals surface area contributed by atoms with Gasteiger partial charge in [0.1, 0.15) is 24.4 Å². The van der Waals surface area contributed by atoms with Crippen molar-refractivity contribution in [3.05, 3.63) is 0 Å². The van der Waals surface area contributed by atoms with Crippen LogP contribution in [0.1, 0.15) is 6.92 Å². The molecule has 16 heavy (non-hydrogen) atoms. The van der Waals surface area contributed by atoms with E-state index in [0.717, 1.165) is 0 Å². The van der Waals surface area contributed by atoms with E-state index in [1.165, 1.54) is 6.92 Å². The number of amides is 1. The molecule has 0 bridgehead atoms. The van der Waals surface area contributed by atoms with Gasteiger partial charge in [0.25, 0.3) is 0 Å². The van der Waals surface area contributed by atoms with Gasteiger partial charge in [0.2, 0.25) is 5.91 Å². The van der Waals surface area contributed by atoms with Crippen molar-refractivity contribution >= 4 is 5.91 Å². The lowest BCUT2D eigenvalue weighted by atomic mass is 9.93. The third kappa shape index (κ3) is 2.69. The van der Waals surface area contributed by atoms with Gasteiger partial charge in [-0.2, -0.15) is 0 Å². The molecule has 7 nitrogen and oxygen atoms in total. The van der Waals surface area contributed by atoms with E-state index < -0.39 is 49.6 Å². The molecule has 1 saturated heterocycles. The quantitative estimate of drug-likeness (QED) is 0.355. The van der Waals surface area contributed by atoms with Crippen LogP contribution in [0.3, 0.4) is 0 Å². The summed E-state index contributed by atoms with van der Waals surface area (Å²) in [4.78, 5) is 10.9. The van der Waals surface area contributed by atoms with E-state index in [-0.39, 0.29) is 0 Å². The highest BCUT2D eigenvalue weighted by Gasteiger charge is 2.44. The number of nitrogens with one attached hydrogen (secondary N) is 1. The van der Waals surface area contributed by atoms with Crippen molar-refractivity contribution < 1.29 is 30.0 Å². The highest BCUT2D eigenvalue weighted by atomic mass is 16.5. The third-order valence-electron chi connectivity index (χ3n) is 2.58. The number of aliphatic hydroxyl groups excluding tert-OH is 4. The largest absolute Gasteiger partial charge is 0.394 e. The van der Waals surface area contributed by atoms with Crippen molar-refractivity contribution in [1.82, 2.24) is 5.32 Å². The maximum absolute atomic E-state index is 10.9. The predicted octanol–water partition coefficient (Wildman–Crippen LogP) is -3.04. The van der Waals surface area contributed by atoms with Gasteiger partial charge in [-0.15, -0.1) is 0 Å². The van der Waals surface area contributed by atoms with Gasteiger partial charge in [0.15, 0.2) is 0 Å². The first-order valence-electron chi connectivity index (χ1n) is 5.01. The molecule has 1 amide bonds. The number of hydrogen-bond donors (Lipinski definition) is 5. The zero-order chi connectivity index (χ0) is 12.3. The second-order valence-electron chi connectivity index (χ2n) is 3.79. The Morgan fingerprint density at radius 2 is 1.75 bits per heavy atom. The molecule has 0 radical (unpaired) electrons. The summed E-state index contributed by atoms with van der Waals surface area (Å²) in [5.74, 6) is -0.402. The Morgan fingerprint density at radius 1 is 1.19 bits per heavy atom. The van der Waals surface area contributed by atoms with Gasteiger partial charge >= 0.3 is 0 Å². The number of carbonyl (C=O) groups excluding carboxylic acids is 1. The van der Waals surface area contributed by atoms with Gasteiger partial charge < -0.3 is 30.5 Å². The molecule has 5 atom stereocenters. The molecule has 94 valence electrons. The average molecular weight is 235 g/mol. The standard InChI is InChI=1S/C9H17NO6/c1-4(13)10-7-5(2-11)16-6(3-12)8(14)9(7)15/h5-9,11-12,14-15H,2-3H2,1H3,(H,10,13). The topological polar surface area (TPSA) is 119 Å². The van der Waals surface area contributed by atoms with Gasteiger partial charge in [-0.25, -0.2) is 0 Å². The number of carbonyl (C=O) groups is 1. The van der Waals surface area contributed by atoms with Crippen LogP contribution in [0.15, 0.2) is 0 Å². The van der Waals surface area contributed by atoms with E-state index in [1.54, 1.807) is 0 Å². The summed E-state index contributed by atoms with van der Waals surface area (Å²) < 4.78 is 5.16. The Balaban J connectivity index is 2.77. The zero-order valence-electron chi connectivity index (χ0n) is 8.91. The minimum atomic E-state index is -1.30. The summed E-state index contributed by atoms with van der Waals surface area (Å²) >= 11 is 0. The molecule has 0 aromatic rings. The number of aliphatic hydroxyl groups is 4. The fourth-order valence-corrected chi connectivity index (χ4v) is 1.76. The molecule has 1 heterocycles. The van der Waals surface area contributed by atoms with Crippen molar-refractivity contribution in [2.45, 2.75) is 37.4 Å². The van der Waals surface area contributed by atoms with Gasteiger partial charge in [0.05, 0.1) is 19.3 Å². The molecule has 5 unspecified atom stereocenters. The smallest absolute Gasteiger partial charge is 0.217 e. The van der Waals surface area contributed by atoms with Gasteiger partial charge in [-0.3, -0.25) is 4.79 Å². The minimum Gasteiger partial charge on any atom is -0.394 e. The van der Waals surface area contributed by atoms with Crippen LogP contribution in [0.5, 0.6) is 0 Å². The molecule has 1 aliphatic rings. The van der Waals surface area contributed by atoms with E-state index in [9.17, 15) is 15.0 Å². The van der Waals surface area contributed by atoms with Crippen molar-refractivity contribution in [3.63, 3.8) is 0 Å². The molecule has 7 heteroatoms. The van der Waals surface area contributed by atoms with Crippen molar-refractivity contribution in [2.75, 3.05) is 13.2 Å². The lowest BCUT2D eigenvalue weighted by Gasteiger charge is -2.41. The van der Waals surface area contributed by atoms with Crippen molar-refractivity contribution in [1.29, 1.82) is 0 Å². The molecule has 5 N–H and O–H groups in total. The van der Waals surface area contributed by atoms with Gasteiger partial charge in [0, 0.05) is 6.92 Å². The summed E-state index contributed by atoms with van der Waals surface area (Å²) in [6.07, 6.45) is -4.40. The van der Waals surface area contributed by atoms with E-state index in [1.807, 2.05) is 0 Å². The normalized spacial score (nSPS) is 39.4. The predicted molar refractivity (Wildman–Crippen MR) is 52.5 cm³/mol. The molecule has 0 saturated carbocycles. The number of rotatable bonds is 3. The maximum Gasteiger partial charge on any atom is 0.217 e. The van der Waals surface area contributed by atoms with Gasteiger partial charge in [-0.05, 0) is 0 Å². The third-order valence-corrected chi connectivity index (χ3v) is 2.58. The van der Waals surface area contributed by atoms with Crippen LogP contribution in [0, 0.1) is 0 Å². The van der Waals surface area contributed by atoms with Crippen molar-refractivity contribution in [3.8, 4) is 0 Å². The Labute approximate surface area is 92.7 Å². The fraction of sp³-hybridized carbons (Fsp3) is 0.889. The van der Waals surface area contributed by atoms with E-state index in [0.29, 0.717) is 0 Å². The molecule has 1 aliphatic heterocycles. The highest BCUT2D eigenvalue weighted by molar-refractivity contribution is 5.73. The summed E-state index contributed by atoms with van der Waals surface area (Å²) in [6, 6.07) is -0.889. The van der Waals surface area contributed by atoms with E-state index in [4.69, 9.17) is 14.9 Å². The molecule has 1 rings (SSSR count). The maximum atomic E-state index is 10.9. The molecular formula is C9H17NO6. The molecule has 0 spiro atoms. The Kier molecular flexibility index (Phi) is 4.63. The van der Waals surface area contributed by atoms with E-state index in [2.05, 4.69) is 5.32 Å². The summed E-state index contributed by atoms with van der Waals surface area (Å²) in [7, 11) is 0. The highest BCUT2D eigenvalue weighted by Crippen LogP contribution is 2.20. The van der Waals surface area contributed by atoms with E-state index >= 15 is 0 Å². The number of hydrogen-bond acceptors (Lipinski definition) is 6. The van der Waals surface area contributed by atoms with Crippen molar-refractivity contribution in [2.24, 2.45) is 0 Å². The van der Waals surface area contributed by atoms with Crippen LogP contribution in [0.25, 0.3) is 0 Å². The molecular weight excluding hydrogens is 218 g/mol. The fourth-order valence-electron chi connectivity index (χ4n) is 1.76. The second-order valence-corrected chi connectivity index (χ2v) is 3.79. The first kappa shape index (κ1) is 13.3. The average Bonchev–Trinajstić information content (AvgIpc) is 2.25. The molecule has 0 aromatic heterocycles. The van der Waals surface area contributed by atoms with Crippen LogP contribution in [0.4, 0.5) is 0 Å².